The van der Waals surface area contributed by atoms with Crippen LogP contribution in [0.25, 0.3) is 0 Å². The van der Waals surface area contributed by atoms with E-state index in [-0.39, 0.29) is 39.2 Å². The van der Waals surface area contributed by atoms with E-state index in [4.69, 9.17) is 15.2 Å². The molecule has 1 aliphatic heterocycles. The lowest BCUT2D eigenvalue weighted by Crippen LogP contribution is -2.69. The number of carboxylic acid groups (broad SMARTS) is 1. The number of fused-ring (bicyclic) bond motifs is 3. The second-order valence-corrected chi connectivity index (χ2v) is 16.4. The first-order valence-corrected chi connectivity index (χ1v) is 16.8. The van der Waals surface area contributed by atoms with Crippen LogP contribution in [0, 0.1) is 63.6 Å². The highest BCUT2D eigenvalue weighted by Crippen LogP contribution is 2.75. The van der Waals surface area contributed by atoms with Crippen molar-refractivity contribution in [3.05, 3.63) is 17.5 Å². The number of tetrazole rings is 1. The second kappa shape index (κ2) is 10.3. The molecule has 0 radical (unpaired) electrons. The third kappa shape index (κ3) is 4.05. The van der Waals surface area contributed by atoms with E-state index in [9.17, 15) is 9.90 Å². The number of carbonyl (C=O) groups is 1. The van der Waals surface area contributed by atoms with Crippen LogP contribution in [-0.4, -0.2) is 63.8 Å². The number of nitrogens with zero attached hydrogens (tertiary/aromatic N) is 4. The maximum Gasteiger partial charge on any atom is 0.307 e. The molecule has 3 N–H and O–H groups in total. The molecular weight excluding hydrogens is 542 g/mol. The van der Waals surface area contributed by atoms with Gasteiger partial charge in [-0.2, -0.15) is 0 Å². The minimum absolute atomic E-state index is 0.0271. The van der Waals surface area contributed by atoms with Crippen molar-refractivity contribution >= 4 is 5.97 Å². The molecule has 0 aromatic carbocycles. The summed E-state index contributed by atoms with van der Waals surface area (Å²) < 4.78 is 15.2. The molecule has 2 heterocycles. The molecule has 240 valence electrons. The van der Waals surface area contributed by atoms with E-state index in [0.717, 1.165) is 44.3 Å². The molecule has 1 saturated heterocycles. The highest BCUT2D eigenvalue weighted by Gasteiger charge is 2.72. The van der Waals surface area contributed by atoms with Crippen molar-refractivity contribution in [3.63, 3.8) is 0 Å². The van der Waals surface area contributed by atoms with Gasteiger partial charge in [-0.1, -0.05) is 60.1 Å². The fourth-order valence-electron chi connectivity index (χ4n) is 11.9. The molecular formula is C34H55N5O4. The number of ether oxygens (including phenoxy) is 2. The van der Waals surface area contributed by atoms with Crippen molar-refractivity contribution in [2.24, 2.45) is 62.4 Å². The molecule has 43 heavy (non-hydrogen) atoms. The van der Waals surface area contributed by atoms with E-state index in [0.29, 0.717) is 50.0 Å². The van der Waals surface area contributed by atoms with E-state index in [1.165, 1.54) is 5.57 Å². The molecule has 4 fully saturated rings. The number of aliphatic carboxylic acids is 1. The van der Waals surface area contributed by atoms with Gasteiger partial charge in [0.1, 0.15) is 5.82 Å². The molecule has 9 nitrogen and oxygen atoms in total. The van der Waals surface area contributed by atoms with E-state index in [1.54, 1.807) is 0 Å². The Bertz CT molecular complexity index is 1280. The van der Waals surface area contributed by atoms with Gasteiger partial charge in [-0.05, 0) is 95.8 Å². The molecule has 2 bridgehead atoms. The van der Waals surface area contributed by atoms with Crippen molar-refractivity contribution in [1.29, 1.82) is 0 Å². The minimum atomic E-state index is -0.618. The Balaban J connectivity index is 1.47. The van der Waals surface area contributed by atoms with Crippen LogP contribution in [0.3, 0.4) is 0 Å². The second-order valence-electron chi connectivity index (χ2n) is 16.4. The molecule has 1 unspecified atom stereocenters. The number of aryl methyl sites for hydroxylation is 1. The van der Waals surface area contributed by atoms with Gasteiger partial charge >= 0.3 is 5.97 Å². The highest BCUT2D eigenvalue weighted by atomic mass is 16.5. The van der Waals surface area contributed by atoms with Crippen LogP contribution in [0.5, 0.6) is 0 Å². The molecule has 1 aromatic rings. The number of rotatable bonds is 7. The topological polar surface area (TPSA) is 125 Å². The Morgan fingerprint density at radius 2 is 1.91 bits per heavy atom. The van der Waals surface area contributed by atoms with Crippen molar-refractivity contribution in [3.8, 4) is 0 Å². The Morgan fingerprint density at radius 1 is 1.16 bits per heavy atom. The molecule has 3 saturated carbocycles. The number of nitrogens with two attached hydrogens (primary N) is 1. The molecule has 4 aliphatic carbocycles. The largest absolute Gasteiger partial charge is 0.481 e. The zero-order valence-electron chi connectivity index (χ0n) is 27.7. The van der Waals surface area contributed by atoms with Gasteiger partial charge in [-0.25, -0.2) is 4.68 Å². The predicted octanol–water partition coefficient (Wildman–Crippen LogP) is 5.46. The highest BCUT2D eigenvalue weighted by molar-refractivity contribution is 5.73. The molecule has 6 rings (SSSR count). The van der Waals surface area contributed by atoms with Crippen LogP contribution < -0.4 is 5.73 Å². The third-order valence-corrected chi connectivity index (χ3v) is 14.5. The van der Waals surface area contributed by atoms with E-state index in [1.807, 2.05) is 11.6 Å². The molecule has 5 aliphatic rings. The molecule has 11 atom stereocenters. The number of hydrogen-bond acceptors (Lipinski definition) is 7. The van der Waals surface area contributed by atoms with Gasteiger partial charge in [0, 0.05) is 17.4 Å². The zero-order valence-corrected chi connectivity index (χ0v) is 27.7. The lowest BCUT2D eigenvalue weighted by molar-refractivity contribution is -0.250. The fraction of sp³-hybridized carbons (Fsp3) is 0.882. The smallest absolute Gasteiger partial charge is 0.307 e. The van der Waals surface area contributed by atoms with Crippen LogP contribution in [0.1, 0.15) is 98.9 Å². The summed E-state index contributed by atoms with van der Waals surface area (Å²) in [7, 11) is 0. The van der Waals surface area contributed by atoms with Gasteiger partial charge in [0.05, 0.1) is 37.9 Å². The third-order valence-electron chi connectivity index (χ3n) is 14.5. The van der Waals surface area contributed by atoms with Crippen molar-refractivity contribution < 1.29 is 19.4 Å². The zero-order chi connectivity index (χ0) is 31.2. The molecule has 0 amide bonds. The predicted molar refractivity (Wildman–Crippen MR) is 164 cm³/mol. The first kappa shape index (κ1) is 31.2. The first-order chi connectivity index (χ1) is 20.2. The summed E-state index contributed by atoms with van der Waals surface area (Å²) in [6.45, 7) is 20.4. The summed E-state index contributed by atoms with van der Waals surface area (Å²) in [4.78, 5) is 13.3. The summed E-state index contributed by atoms with van der Waals surface area (Å²) in [6, 6.07) is -0.0271. The summed E-state index contributed by atoms with van der Waals surface area (Å²) >= 11 is 0. The Kier molecular flexibility index (Phi) is 7.49. The molecule has 9 heteroatoms. The van der Waals surface area contributed by atoms with Gasteiger partial charge in [-0.15, -0.1) is 5.10 Å². The summed E-state index contributed by atoms with van der Waals surface area (Å²) in [5, 5.41) is 23.7. The van der Waals surface area contributed by atoms with Crippen molar-refractivity contribution in [1.82, 2.24) is 20.2 Å². The fourth-order valence-corrected chi connectivity index (χ4v) is 11.9. The summed E-state index contributed by atoms with van der Waals surface area (Å²) in [5.74, 6) is 1.27. The van der Waals surface area contributed by atoms with Crippen LogP contribution >= 0.6 is 0 Å². The van der Waals surface area contributed by atoms with Crippen LogP contribution in [0.15, 0.2) is 11.6 Å². The standard InChI is InChI=1S/C34H55N5O4/c1-20(2)21(3)30(5)13-14-32(7)23-9-10-26-31(6)18-42-19-34(26,24(23)11-12-33(32,8)27(30)29(40)41)17-25(28(31)43-16-15-35)39-22(4)36-37-38-39/h11,20-21,23,25-28H,9-10,12-19,35H2,1-8H3,(H,40,41)/t21-,23+,25-,26+,27?,28+,30-,31+,32-,33+,34+/m1/s1. The van der Waals surface area contributed by atoms with Gasteiger partial charge in [0.15, 0.2) is 0 Å². The first-order valence-electron chi connectivity index (χ1n) is 16.8. The SMILES string of the molecule is Cc1nnnn1[C@@H]1C[C@@]23COC[C@@](C)([C@@H]2CC[C@H]2C3=CC[C@@]3(C)C(C(=O)O)[C@@](C)([C@H](C)C(C)C)CC[C@]23C)[C@H]1OCCN. The number of allylic oxidation sites excluding steroid dienone is 1. The number of hydrogen-bond donors (Lipinski definition) is 2. The van der Waals surface area contributed by atoms with Crippen LogP contribution in [0.4, 0.5) is 0 Å². The average Bonchev–Trinajstić information content (AvgIpc) is 3.37. The lowest BCUT2D eigenvalue weighted by atomic mass is 9.34. The number of aromatic nitrogens is 4. The summed E-state index contributed by atoms with van der Waals surface area (Å²) in [5.41, 5.74) is 6.40. The lowest BCUT2D eigenvalue weighted by Gasteiger charge is -2.71. The van der Waals surface area contributed by atoms with Crippen LogP contribution in [-0.2, 0) is 14.3 Å². The van der Waals surface area contributed by atoms with Gasteiger partial charge in [0.2, 0.25) is 0 Å². The molecule has 1 aromatic heterocycles. The van der Waals surface area contributed by atoms with E-state index < -0.39 is 11.9 Å². The Morgan fingerprint density at radius 3 is 2.53 bits per heavy atom. The monoisotopic (exact) mass is 597 g/mol. The van der Waals surface area contributed by atoms with Crippen LogP contribution in [0.2, 0.25) is 0 Å². The van der Waals surface area contributed by atoms with Gasteiger partial charge in [-0.3, -0.25) is 4.79 Å². The molecule has 0 spiro atoms. The van der Waals surface area contributed by atoms with E-state index in [2.05, 4.69) is 70.1 Å². The van der Waals surface area contributed by atoms with E-state index >= 15 is 0 Å². The Hall–Kier alpha value is -1.84. The van der Waals surface area contributed by atoms with Gasteiger partial charge in [0.25, 0.3) is 0 Å². The van der Waals surface area contributed by atoms with Crippen molar-refractivity contribution in [2.75, 3.05) is 26.4 Å². The number of carboxylic acids is 1. The van der Waals surface area contributed by atoms with Crippen molar-refractivity contribution in [2.45, 2.75) is 106 Å². The van der Waals surface area contributed by atoms with Gasteiger partial charge < -0.3 is 20.3 Å². The average molecular weight is 598 g/mol. The minimum Gasteiger partial charge on any atom is -0.481 e. The maximum atomic E-state index is 13.3. The quantitative estimate of drug-likeness (QED) is 0.397. The Labute approximate surface area is 257 Å². The summed E-state index contributed by atoms with van der Waals surface area (Å²) in [6.07, 6.45) is 8.22. The normalized spacial score (nSPS) is 46.4. The maximum absolute atomic E-state index is 13.3.